The van der Waals surface area contributed by atoms with E-state index in [0.29, 0.717) is 6.10 Å². The van der Waals surface area contributed by atoms with Crippen molar-refractivity contribution in [2.75, 3.05) is 7.11 Å². The molecular formula is C13H18BrNO2. The Morgan fingerprint density at radius 2 is 2.18 bits per heavy atom. The van der Waals surface area contributed by atoms with Crippen LogP contribution in [-0.2, 0) is 6.42 Å². The summed E-state index contributed by atoms with van der Waals surface area (Å²) >= 11 is 3.48. The lowest BCUT2D eigenvalue weighted by Crippen LogP contribution is -2.18. The molecule has 1 atom stereocenters. The number of halogens is 1. The highest BCUT2D eigenvalue weighted by Gasteiger charge is 2.26. The van der Waals surface area contributed by atoms with E-state index in [2.05, 4.69) is 22.0 Å². The molecule has 17 heavy (non-hydrogen) atoms. The second kappa shape index (κ2) is 5.27. The van der Waals surface area contributed by atoms with Crippen LogP contribution in [-0.4, -0.2) is 19.3 Å². The first-order valence-electron chi connectivity index (χ1n) is 5.88. The Hall–Kier alpha value is -0.740. The van der Waals surface area contributed by atoms with Crippen molar-refractivity contribution in [1.82, 2.24) is 0 Å². The zero-order valence-electron chi connectivity index (χ0n) is 10.2. The highest BCUT2D eigenvalue weighted by Crippen LogP contribution is 2.39. The molecule has 1 aliphatic rings. The van der Waals surface area contributed by atoms with E-state index in [1.165, 1.54) is 0 Å². The van der Waals surface area contributed by atoms with Crippen LogP contribution in [0.25, 0.3) is 0 Å². The van der Waals surface area contributed by atoms with Gasteiger partial charge >= 0.3 is 0 Å². The third-order valence-electron chi connectivity index (χ3n) is 2.67. The van der Waals surface area contributed by atoms with Gasteiger partial charge in [0.15, 0.2) is 11.5 Å². The van der Waals surface area contributed by atoms with E-state index in [1.54, 1.807) is 7.11 Å². The Morgan fingerprint density at radius 1 is 1.47 bits per heavy atom. The van der Waals surface area contributed by atoms with Gasteiger partial charge in [-0.3, -0.25) is 0 Å². The van der Waals surface area contributed by atoms with Gasteiger partial charge in [-0.15, -0.1) is 0 Å². The molecule has 1 aliphatic carbocycles. The number of nitrogens with two attached hydrogens (primary N) is 1. The minimum atomic E-state index is 0.107. The van der Waals surface area contributed by atoms with Crippen LogP contribution in [0.4, 0.5) is 0 Å². The van der Waals surface area contributed by atoms with Gasteiger partial charge in [-0.25, -0.2) is 0 Å². The predicted molar refractivity (Wildman–Crippen MR) is 71.7 cm³/mol. The van der Waals surface area contributed by atoms with E-state index in [4.69, 9.17) is 15.2 Å². The molecule has 2 rings (SSSR count). The van der Waals surface area contributed by atoms with Gasteiger partial charge in [-0.05, 0) is 38.3 Å². The van der Waals surface area contributed by atoms with Gasteiger partial charge in [0.05, 0.1) is 13.2 Å². The molecule has 1 unspecified atom stereocenters. The van der Waals surface area contributed by atoms with Crippen LogP contribution in [0.3, 0.4) is 0 Å². The van der Waals surface area contributed by atoms with Crippen molar-refractivity contribution in [2.24, 2.45) is 5.73 Å². The average molecular weight is 300 g/mol. The number of benzene rings is 1. The zero-order chi connectivity index (χ0) is 12.4. The molecule has 2 N–H and O–H groups in total. The number of hydrogen-bond acceptors (Lipinski definition) is 3. The second-order valence-corrected chi connectivity index (χ2v) is 5.51. The molecule has 0 spiro atoms. The third kappa shape index (κ3) is 3.36. The highest BCUT2D eigenvalue weighted by atomic mass is 79.9. The van der Waals surface area contributed by atoms with Crippen LogP contribution in [0, 0.1) is 0 Å². The summed E-state index contributed by atoms with van der Waals surface area (Å²) in [7, 11) is 1.66. The average Bonchev–Trinajstić information content (AvgIpc) is 3.04. The van der Waals surface area contributed by atoms with Gasteiger partial charge in [0.25, 0.3) is 0 Å². The van der Waals surface area contributed by atoms with E-state index < -0.39 is 0 Å². The molecule has 0 bridgehead atoms. The summed E-state index contributed by atoms with van der Waals surface area (Å²) in [5.74, 6) is 1.64. The molecule has 0 aromatic heterocycles. The molecule has 1 aromatic rings. The van der Waals surface area contributed by atoms with E-state index in [-0.39, 0.29) is 6.04 Å². The minimum Gasteiger partial charge on any atom is -0.493 e. The monoisotopic (exact) mass is 299 g/mol. The Morgan fingerprint density at radius 3 is 2.71 bits per heavy atom. The van der Waals surface area contributed by atoms with Gasteiger partial charge in [-0.1, -0.05) is 15.9 Å². The fourth-order valence-electron chi connectivity index (χ4n) is 1.76. The standard InChI is InChI=1S/C13H18BrNO2/c1-8(15)5-9-6-10(14)7-12(16-2)13(9)17-11-3-4-11/h6-8,11H,3-5,15H2,1-2H3. The second-order valence-electron chi connectivity index (χ2n) is 4.59. The van der Waals surface area contributed by atoms with E-state index >= 15 is 0 Å². The van der Waals surface area contributed by atoms with Crippen LogP contribution >= 0.6 is 15.9 Å². The van der Waals surface area contributed by atoms with Gasteiger partial charge in [-0.2, -0.15) is 0 Å². The first kappa shape index (κ1) is 12.7. The lowest BCUT2D eigenvalue weighted by atomic mass is 10.1. The van der Waals surface area contributed by atoms with Crippen molar-refractivity contribution in [3.63, 3.8) is 0 Å². The Kier molecular flexibility index (Phi) is 3.94. The summed E-state index contributed by atoms with van der Waals surface area (Å²) < 4.78 is 12.3. The molecule has 0 aliphatic heterocycles. The molecule has 0 amide bonds. The molecule has 0 saturated heterocycles. The summed E-state index contributed by atoms with van der Waals surface area (Å²) in [6.07, 6.45) is 3.42. The van der Waals surface area contributed by atoms with E-state index in [1.807, 2.05) is 13.0 Å². The van der Waals surface area contributed by atoms with Crippen molar-refractivity contribution < 1.29 is 9.47 Å². The third-order valence-corrected chi connectivity index (χ3v) is 3.13. The zero-order valence-corrected chi connectivity index (χ0v) is 11.8. The molecule has 0 heterocycles. The van der Waals surface area contributed by atoms with Crippen molar-refractivity contribution >= 4 is 15.9 Å². The molecule has 3 nitrogen and oxygen atoms in total. The molecule has 1 fully saturated rings. The van der Waals surface area contributed by atoms with Crippen molar-refractivity contribution in [1.29, 1.82) is 0 Å². The van der Waals surface area contributed by atoms with Gasteiger partial charge in [0.2, 0.25) is 0 Å². The molecule has 1 aromatic carbocycles. The first-order chi connectivity index (χ1) is 8.10. The van der Waals surface area contributed by atoms with Crippen molar-refractivity contribution in [3.05, 3.63) is 22.2 Å². The summed E-state index contributed by atoms with van der Waals surface area (Å²) in [6, 6.07) is 4.10. The normalized spacial score (nSPS) is 16.7. The Balaban J connectivity index is 2.33. The van der Waals surface area contributed by atoms with Crippen molar-refractivity contribution in [3.8, 4) is 11.5 Å². The molecule has 1 saturated carbocycles. The smallest absolute Gasteiger partial charge is 0.164 e. The van der Waals surface area contributed by atoms with Crippen LogP contribution in [0.5, 0.6) is 11.5 Å². The SMILES string of the molecule is COc1cc(Br)cc(CC(C)N)c1OC1CC1. The summed E-state index contributed by atoms with van der Waals surface area (Å²) in [5.41, 5.74) is 6.98. The fourth-order valence-corrected chi connectivity index (χ4v) is 2.24. The topological polar surface area (TPSA) is 44.5 Å². The fraction of sp³-hybridized carbons (Fsp3) is 0.538. The van der Waals surface area contributed by atoms with Crippen LogP contribution in [0.2, 0.25) is 0 Å². The quantitative estimate of drug-likeness (QED) is 0.909. The molecule has 0 radical (unpaired) electrons. The van der Waals surface area contributed by atoms with Crippen LogP contribution < -0.4 is 15.2 Å². The number of methoxy groups -OCH3 is 1. The maximum absolute atomic E-state index is 5.93. The number of rotatable bonds is 5. The van der Waals surface area contributed by atoms with Crippen LogP contribution in [0.1, 0.15) is 25.3 Å². The summed E-state index contributed by atoms with van der Waals surface area (Å²) in [6.45, 7) is 1.99. The molecule has 4 heteroatoms. The number of hydrogen-bond donors (Lipinski definition) is 1. The first-order valence-corrected chi connectivity index (χ1v) is 6.68. The molecular weight excluding hydrogens is 282 g/mol. The van der Waals surface area contributed by atoms with E-state index in [9.17, 15) is 0 Å². The largest absolute Gasteiger partial charge is 0.493 e. The number of ether oxygens (including phenoxy) is 2. The maximum atomic E-state index is 5.93. The van der Waals surface area contributed by atoms with E-state index in [0.717, 1.165) is 40.8 Å². The predicted octanol–water partition coefficient (Wildman–Crippen LogP) is 2.89. The minimum absolute atomic E-state index is 0.107. The Labute approximate surface area is 110 Å². The van der Waals surface area contributed by atoms with Crippen LogP contribution in [0.15, 0.2) is 16.6 Å². The lowest BCUT2D eigenvalue weighted by molar-refractivity contribution is 0.278. The summed E-state index contributed by atoms with van der Waals surface area (Å²) in [5, 5.41) is 0. The highest BCUT2D eigenvalue weighted by molar-refractivity contribution is 9.10. The summed E-state index contributed by atoms with van der Waals surface area (Å²) in [4.78, 5) is 0. The van der Waals surface area contributed by atoms with Gasteiger partial charge in [0, 0.05) is 16.1 Å². The lowest BCUT2D eigenvalue weighted by Gasteiger charge is -2.16. The Bertz CT molecular complexity index is 403. The molecule has 94 valence electrons. The van der Waals surface area contributed by atoms with Gasteiger partial charge < -0.3 is 15.2 Å². The van der Waals surface area contributed by atoms with Crippen molar-refractivity contribution in [2.45, 2.75) is 38.3 Å². The maximum Gasteiger partial charge on any atom is 0.164 e. The van der Waals surface area contributed by atoms with Gasteiger partial charge in [0.1, 0.15) is 0 Å².